The number of ketones is 1. The van der Waals surface area contributed by atoms with Crippen molar-refractivity contribution in [3.8, 4) is 5.75 Å². The molecule has 150 valence electrons. The van der Waals surface area contributed by atoms with Gasteiger partial charge < -0.3 is 10.1 Å². The number of carbonyl (C=O) groups excluding carboxylic acids is 1. The Labute approximate surface area is 163 Å². The van der Waals surface area contributed by atoms with Crippen molar-refractivity contribution in [2.75, 3.05) is 19.7 Å². The standard InChI is InChI=1S/C23H34FNO2/c1-18(2)8-7-9-23(26)21-13-12-20(16-22(21)24)27-15-6-4-3-5-14-25-17-19-10-11-19/h8,12-13,16,19,25H,3-7,9-11,14-15,17H2,1-2H3. The average Bonchev–Trinajstić information content (AvgIpc) is 3.44. The van der Waals surface area contributed by atoms with E-state index < -0.39 is 5.82 Å². The average molecular weight is 376 g/mol. The van der Waals surface area contributed by atoms with Gasteiger partial charge >= 0.3 is 0 Å². The summed E-state index contributed by atoms with van der Waals surface area (Å²) in [5.41, 5.74) is 1.32. The second-order valence-corrected chi connectivity index (χ2v) is 7.80. The highest BCUT2D eigenvalue weighted by Crippen LogP contribution is 2.27. The number of hydrogen-bond donors (Lipinski definition) is 1. The van der Waals surface area contributed by atoms with E-state index in [1.54, 1.807) is 12.1 Å². The third-order valence-electron chi connectivity index (χ3n) is 4.81. The zero-order valence-corrected chi connectivity index (χ0v) is 16.9. The Bertz CT molecular complexity index is 619. The zero-order chi connectivity index (χ0) is 19.5. The van der Waals surface area contributed by atoms with Gasteiger partial charge in [0.1, 0.15) is 11.6 Å². The molecule has 0 amide bonds. The van der Waals surface area contributed by atoms with Crippen LogP contribution in [0.2, 0.25) is 0 Å². The second-order valence-electron chi connectivity index (χ2n) is 7.80. The van der Waals surface area contributed by atoms with Crippen LogP contribution in [-0.4, -0.2) is 25.5 Å². The van der Waals surface area contributed by atoms with Crippen LogP contribution >= 0.6 is 0 Å². The monoisotopic (exact) mass is 375 g/mol. The van der Waals surface area contributed by atoms with E-state index in [2.05, 4.69) is 5.32 Å². The minimum absolute atomic E-state index is 0.156. The Morgan fingerprint density at radius 2 is 2.00 bits per heavy atom. The third kappa shape index (κ3) is 9.18. The maximum Gasteiger partial charge on any atom is 0.166 e. The number of hydrogen-bond acceptors (Lipinski definition) is 3. The maximum atomic E-state index is 14.2. The Morgan fingerprint density at radius 3 is 2.70 bits per heavy atom. The zero-order valence-electron chi connectivity index (χ0n) is 16.9. The van der Waals surface area contributed by atoms with E-state index in [9.17, 15) is 9.18 Å². The molecular formula is C23H34FNO2. The lowest BCUT2D eigenvalue weighted by Crippen LogP contribution is -2.17. The highest BCUT2D eigenvalue weighted by Gasteiger charge is 2.19. The predicted molar refractivity (Wildman–Crippen MR) is 109 cm³/mol. The third-order valence-corrected chi connectivity index (χ3v) is 4.81. The Kier molecular flexibility index (Phi) is 9.54. The number of unbranched alkanes of at least 4 members (excludes halogenated alkanes) is 3. The molecule has 4 heteroatoms. The van der Waals surface area contributed by atoms with Crippen LogP contribution in [0.1, 0.15) is 75.6 Å². The number of halogens is 1. The molecule has 2 rings (SSSR count). The lowest BCUT2D eigenvalue weighted by atomic mass is 10.0. The van der Waals surface area contributed by atoms with Gasteiger partial charge in [-0.2, -0.15) is 0 Å². The highest BCUT2D eigenvalue weighted by atomic mass is 19.1. The molecule has 1 fully saturated rings. The quantitative estimate of drug-likeness (QED) is 0.258. The molecule has 1 aromatic carbocycles. The molecule has 0 unspecified atom stereocenters. The first-order chi connectivity index (χ1) is 13.1. The second kappa shape index (κ2) is 11.9. The van der Waals surface area contributed by atoms with E-state index in [0.717, 1.165) is 25.3 Å². The molecule has 1 aromatic rings. The van der Waals surface area contributed by atoms with Crippen LogP contribution in [-0.2, 0) is 0 Å². The minimum atomic E-state index is -0.489. The molecule has 27 heavy (non-hydrogen) atoms. The highest BCUT2D eigenvalue weighted by molar-refractivity contribution is 5.96. The van der Waals surface area contributed by atoms with Crippen molar-refractivity contribution in [1.82, 2.24) is 5.32 Å². The van der Waals surface area contributed by atoms with Gasteiger partial charge in [0, 0.05) is 12.5 Å². The fourth-order valence-electron chi connectivity index (χ4n) is 2.96. The van der Waals surface area contributed by atoms with Crippen LogP contribution in [0.15, 0.2) is 29.8 Å². The van der Waals surface area contributed by atoms with Crippen LogP contribution < -0.4 is 10.1 Å². The topological polar surface area (TPSA) is 38.3 Å². The molecule has 3 nitrogen and oxygen atoms in total. The lowest BCUT2D eigenvalue weighted by molar-refractivity contribution is 0.0979. The van der Waals surface area contributed by atoms with E-state index in [0.29, 0.717) is 25.2 Å². The molecule has 0 radical (unpaired) electrons. The fourth-order valence-corrected chi connectivity index (χ4v) is 2.96. The van der Waals surface area contributed by atoms with Gasteiger partial charge in [0.25, 0.3) is 0 Å². The molecular weight excluding hydrogens is 341 g/mol. The lowest BCUT2D eigenvalue weighted by Gasteiger charge is -2.08. The van der Waals surface area contributed by atoms with Gasteiger partial charge in [-0.3, -0.25) is 4.79 Å². The van der Waals surface area contributed by atoms with Crippen LogP contribution in [0.25, 0.3) is 0 Å². The van der Waals surface area contributed by atoms with Gasteiger partial charge in [0.05, 0.1) is 12.2 Å². The summed E-state index contributed by atoms with van der Waals surface area (Å²) >= 11 is 0. The SMILES string of the molecule is CC(C)=CCCC(=O)c1ccc(OCCCCCCNCC2CC2)cc1F. The minimum Gasteiger partial charge on any atom is -0.493 e. The molecule has 0 atom stereocenters. The van der Waals surface area contributed by atoms with Gasteiger partial charge in [-0.05, 0) is 77.1 Å². The van der Waals surface area contributed by atoms with Gasteiger partial charge in [-0.15, -0.1) is 0 Å². The number of benzene rings is 1. The number of allylic oxidation sites excluding steroid dienone is 2. The largest absolute Gasteiger partial charge is 0.493 e. The van der Waals surface area contributed by atoms with Gasteiger partial charge in [-0.25, -0.2) is 4.39 Å². The maximum absolute atomic E-state index is 14.2. The van der Waals surface area contributed by atoms with Gasteiger partial charge in [0.15, 0.2) is 5.78 Å². The van der Waals surface area contributed by atoms with E-state index in [-0.39, 0.29) is 11.3 Å². The summed E-state index contributed by atoms with van der Waals surface area (Å²) in [6.45, 7) is 6.85. The summed E-state index contributed by atoms with van der Waals surface area (Å²) in [4.78, 5) is 12.1. The molecule has 1 saturated carbocycles. The summed E-state index contributed by atoms with van der Waals surface area (Å²) in [5.74, 6) is 0.792. The van der Waals surface area contributed by atoms with Crippen molar-refractivity contribution in [2.45, 2.75) is 65.2 Å². The molecule has 0 saturated heterocycles. The molecule has 0 bridgehead atoms. The Morgan fingerprint density at radius 1 is 1.22 bits per heavy atom. The van der Waals surface area contributed by atoms with E-state index >= 15 is 0 Å². The smallest absolute Gasteiger partial charge is 0.166 e. The van der Waals surface area contributed by atoms with Crippen LogP contribution in [0.5, 0.6) is 5.75 Å². The van der Waals surface area contributed by atoms with Crippen molar-refractivity contribution >= 4 is 5.78 Å². The molecule has 1 aliphatic carbocycles. The number of Topliss-reactive ketones (excluding diaryl/α,β-unsaturated/α-hetero) is 1. The van der Waals surface area contributed by atoms with E-state index in [1.165, 1.54) is 43.9 Å². The van der Waals surface area contributed by atoms with Crippen molar-refractivity contribution in [1.29, 1.82) is 0 Å². The van der Waals surface area contributed by atoms with Crippen molar-refractivity contribution in [2.24, 2.45) is 5.92 Å². The van der Waals surface area contributed by atoms with Crippen LogP contribution in [0.4, 0.5) is 4.39 Å². The normalized spacial score (nSPS) is 13.4. The first kappa shape index (κ1) is 21.6. The van der Waals surface area contributed by atoms with Crippen molar-refractivity contribution < 1.29 is 13.9 Å². The predicted octanol–water partition coefficient (Wildman–Crippen LogP) is 5.69. The number of rotatable bonds is 14. The van der Waals surface area contributed by atoms with Crippen molar-refractivity contribution in [3.63, 3.8) is 0 Å². The van der Waals surface area contributed by atoms with Gasteiger partial charge in [0.2, 0.25) is 0 Å². The summed E-state index contributed by atoms with van der Waals surface area (Å²) < 4.78 is 19.8. The summed E-state index contributed by atoms with van der Waals surface area (Å²) in [6, 6.07) is 4.57. The fraction of sp³-hybridized carbons (Fsp3) is 0.609. The molecule has 0 aromatic heterocycles. The molecule has 0 aliphatic heterocycles. The van der Waals surface area contributed by atoms with Crippen LogP contribution in [0, 0.1) is 11.7 Å². The number of carbonyl (C=O) groups is 1. The molecule has 0 heterocycles. The number of nitrogens with one attached hydrogen (secondary N) is 1. The molecule has 1 N–H and O–H groups in total. The van der Waals surface area contributed by atoms with E-state index in [4.69, 9.17) is 4.74 Å². The summed E-state index contributed by atoms with van der Waals surface area (Å²) in [7, 11) is 0. The first-order valence-electron chi connectivity index (χ1n) is 10.4. The van der Waals surface area contributed by atoms with Crippen LogP contribution in [0.3, 0.4) is 0 Å². The Balaban J connectivity index is 1.58. The molecule has 1 aliphatic rings. The molecule has 0 spiro atoms. The van der Waals surface area contributed by atoms with E-state index in [1.807, 2.05) is 19.9 Å². The Hall–Kier alpha value is -1.68. The number of ether oxygens (including phenoxy) is 1. The van der Waals surface area contributed by atoms with Crippen molar-refractivity contribution in [3.05, 3.63) is 41.2 Å². The summed E-state index contributed by atoms with van der Waals surface area (Å²) in [5, 5.41) is 3.50. The first-order valence-corrected chi connectivity index (χ1v) is 10.4. The summed E-state index contributed by atoms with van der Waals surface area (Å²) in [6.07, 6.45) is 10.2. The van der Waals surface area contributed by atoms with Gasteiger partial charge in [-0.1, -0.05) is 24.5 Å².